The van der Waals surface area contributed by atoms with Gasteiger partial charge in [-0.2, -0.15) is 13.2 Å². The number of rotatable bonds is 7. The van der Waals surface area contributed by atoms with Crippen molar-refractivity contribution in [2.75, 3.05) is 0 Å². The monoisotopic (exact) mass is 532 g/mol. The molecule has 0 spiro atoms. The van der Waals surface area contributed by atoms with Crippen LogP contribution >= 0.6 is 23.2 Å². The molecular weight excluding hydrogens is 504 g/mol. The molecule has 0 N–H and O–H groups in total. The van der Waals surface area contributed by atoms with Gasteiger partial charge in [0.05, 0.1) is 15.6 Å². The number of hydrogen-bond donors (Lipinski definition) is 0. The van der Waals surface area contributed by atoms with Crippen molar-refractivity contribution in [1.29, 1.82) is 0 Å². The second-order valence-electron chi connectivity index (χ2n) is 9.41. The summed E-state index contributed by atoms with van der Waals surface area (Å²) >= 11 is 12.0. The highest BCUT2D eigenvalue weighted by molar-refractivity contribution is 6.37. The van der Waals surface area contributed by atoms with E-state index >= 15 is 0 Å². The molecule has 0 aromatic heterocycles. The van der Waals surface area contributed by atoms with E-state index in [9.17, 15) is 18.0 Å². The fraction of sp³-hybridized carbons (Fsp3) is 0.500. The topological polar surface area (TPSA) is 44.8 Å². The van der Waals surface area contributed by atoms with Crippen molar-refractivity contribution in [3.8, 4) is 17.2 Å². The Hall–Kier alpha value is -2.12. The van der Waals surface area contributed by atoms with Crippen LogP contribution in [-0.4, -0.2) is 18.2 Å². The maximum Gasteiger partial charge on any atom is 0.416 e. The molecule has 0 aliphatic heterocycles. The van der Waals surface area contributed by atoms with Gasteiger partial charge in [-0.05, 0) is 61.8 Å². The minimum atomic E-state index is -4.59. The van der Waals surface area contributed by atoms with Crippen LogP contribution in [0.5, 0.6) is 17.2 Å². The molecule has 1 saturated carbocycles. The molecule has 192 valence electrons. The third-order valence-electron chi connectivity index (χ3n) is 6.22. The van der Waals surface area contributed by atoms with Gasteiger partial charge in [-0.15, -0.1) is 0 Å². The smallest absolute Gasteiger partial charge is 0.416 e. The van der Waals surface area contributed by atoms with Crippen molar-refractivity contribution < 1.29 is 32.2 Å². The van der Waals surface area contributed by atoms with Crippen molar-refractivity contribution in [2.24, 2.45) is 17.8 Å². The highest BCUT2D eigenvalue weighted by Gasteiger charge is 2.35. The molecule has 2 aromatic carbocycles. The van der Waals surface area contributed by atoms with Crippen LogP contribution in [0.25, 0.3) is 0 Å². The summed E-state index contributed by atoms with van der Waals surface area (Å²) < 4.78 is 56.1. The van der Waals surface area contributed by atoms with Crippen molar-refractivity contribution in [3.63, 3.8) is 0 Å². The van der Waals surface area contributed by atoms with E-state index in [1.165, 1.54) is 6.07 Å². The molecule has 4 atom stereocenters. The van der Waals surface area contributed by atoms with E-state index in [-0.39, 0.29) is 27.6 Å². The minimum absolute atomic E-state index is 0.114. The Balaban J connectivity index is 1.68. The number of halogens is 5. The van der Waals surface area contributed by atoms with Crippen LogP contribution in [0.3, 0.4) is 0 Å². The molecule has 1 aliphatic carbocycles. The second-order valence-corrected chi connectivity index (χ2v) is 10.2. The van der Waals surface area contributed by atoms with E-state index in [2.05, 4.69) is 20.8 Å². The Labute approximate surface area is 213 Å². The summed E-state index contributed by atoms with van der Waals surface area (Å²) in [5, 5.41) is -0.566. The Morgan fingerprint density at radius 2 is 1.66 bits per heavy atom. The Morgan fingerprint density at radius 3 is 2.26 bits per heavy atom. The predicted molar refractivity (Wildman–Crippen MR) is 129 cm³/mol. The van der Waals surface area contributed by atoms with Crippen LogP contribution in [-0.2, 0) is 15.7 Å². The quantitative estimate of drug-likeness (QED) is 0.335. The lowest BCUT2D eigenvalue weighted by Crippen LogP contribution is -2.39. The summed E-state index contributed by atoms with van der Waals surface area (Å²) in [6, 6.07) is 7.80. The van der Waals surface area contributed by atoms with E-state index < -0.39 is 23.8 Å². The number of esters is 1. The fourth-order valence-electron chi connectivity index (χ4n) is 4.30. The van der Waals surface area contributed by atoms with Crippen LogP contribution in [0.2, 0.25) is 10.0 Å². The molecule has 0 heterocycles. The maximum atomic E-state index is 13.0. The molecular formula is C26H29Cl2F3O4. The number of alkyl halides is 3. The Bertz CT molecular complexity index is 1020. The van der Waals surface area contributed by atoms with Crippen molar-refractivity contribution in [3.05, 3.63) is 52.0 Å². The summed E-state index contributed by atoms with van der Waals surface area (Å²) in [7, 11) is 0. The van der Waals surface area contributed by atoms with Gasteiger partial charge in [-0.3, -0.25) is 0 Å². The lowest BCUT2D eigenvalue weighted by Gasteiger charge is -2.37. The van der Waals surface area contributed by atoms with Crippen LogP contribution in [0.15, 0.2) is 36.4 Å². The number of carbonyl (C=O) groups is 1. The molecule has 35 heavy (non-hydrogen) atoms. The Morgan fingerprint density at radius 1 is 1.03 bits per heavy atom. The third kappa shape index (κ3) is 7.20. The van der Waals surface area contributed by atoms with Gasteiger partial charge in [-0.25, -0.2) is 4.79 Å². The first kappa shape index (κ1) is 27.5. The average molecular weight is 533 g/mol. The Kier molecular flexibility index (Phi) is 8.86. The van der Waals surface area contributed by atoms with Gasteiger partial charge < -0.3 is 14.2 Å². The van der Waals surface area contributed by atoms with Gasteiger partial charge in [-0.1, -0.05) is 56.5 Å². The molecule has 0 bridgehead atoms. The average Bonchev–Trinajstić information content (AvgIpc) is 2.75. The molecule has 3 rings (SSSR count). The molecule has 1 aliphatic rings. The fourth-order valence-corrected chi connectivity index (χ4v) is 4.86. The number of ether oxygens (including phenoxy) is 3. The molecule has 4 nitrogen and oxygen atoms in total. The van der Waals surface area contributed by atoms with E-state index in [0.717, 1.165) is 31.4 Å². The zero-order valence-electron chi connectivity index (χ0n) is 20.0. The molecule has 0 amide bonds. The SMILES string of the molecule is CC(C)[C@@H]1CC[C@@H](C)C[C@H]1OC(=O)[C@@H](C)Oc1cccc(Oc2c(Cl)cc(C(F)(F)F)cc2Cl)c1. The van der Waals surface area contributed by atoms with Gasteiger partial charge in [0.25, 0.3) is 0 Å². The first-order valence-corrected chi connectivity index (χ1v) is 12.3. The summed E-state index contributed by atoms with van der Waals surface area (Å²) in [5.41, 5.74) is -0.976. The molecule has 2 aromatic rings. The van der Waals surface area contributed by atoms with Gasteiger partial charge in [0, 0.05) is 6.07 Å². The van der Waals surface area contributed by atoms with Crippen molar-refractivity contribution in [1.82, 2.24) is 0 Å². The van der Waals surface area contributed by atoms with Crippen molar-refractivity contribution >= 4 is 29.2 Å². The largest absolute Gasteiger partial charge is 0.479 e. The molecule has 1 fully saturated rings. The standard InChI is InChI=1S/C26H29Cl2F3O4/c1-14(2)20-9-8-15(3)10-23(20)35-25(32)16(4)33-18-6-5-7-19(13-18)34-24-21(27)11-17(12-22(24)28)26(29,30)31/h5-7,11-16,20,23H,8-10H2,1-4H3/t15-,16-,20+,23-/m1/s1. The van der Waals surface area contributed by atoms with E-state index in [1.54, 1.807) is 25.1 Å². The van der Waals surface area contributed by atoms with E-state index in [1.807, 2.05) is 0 Å². The van der Waals surface area contributed by atoms with Gasteiger partial charge >= 0.3 is 12.1 Å². The molecule has 0 unspecified atom stereocenters. The summed E-state index contributed by atoms with van der Waals surface area (Å²) in [6.07, 6.45) is -2.61. The first-order valence-electron chi connectivity index (χ1n) is 11.6. The van der Waals surface area contributed by atoms with Crippen LogP contribution in [0.1, 0.15) is 52.5 Å². The number of carbonyl (C=O) groups excluding carboxylic acids is 1. The van der Waals surface area contributed by atoms with Crippen LogP contribution in [0.4, 0.5) is 13.2 Å². The van der Waals surface area contributed by atoms with Gasteiger partial charge in [0.2, 0.25) is 0 Å². The molecule has 0 radical (unpaired) electrons. The zero-order valence-corrected chi connectivity index (χ0v) is 21.5. The number of hydrogen-bond acceptors (Lipinski definition) is 4. The van der Waals surface area contributed by atoms with E-state index in [4.69, 9.17) is 37.4 Å². The maximum absolute atomic E-state index is 13.0. The van der Waals surface area contributed by atoms with Gasteiger partial charge in [0.1, 0.15) is 17.6 Å². The molecule has 0 saturated heterocycles. The summed E-state index contributed by atoms with van der Waals surface area (Å²) in [5.74, 6) is 1.21. The van der Waals surface area contributed by atoms with Gasteiger partial charge in [0.15, 0.2) is 11.9 Å². The second kappa shape index (κ2) is 11.3. The van der Waals surface area contributed by atoms with Crippen LogP contribution in [0, 0.1) is 17.8 Å². The highest BCUT2D eigenvalue weighted by atomic mass is 35.5. The third-order valence-corrected chi connectivity index (χ3v) is 6.79. The summed E-state index contributed by atoms with van der Waals surface area (Å²) in [6.45, 7) is 8.05. The predicted octanol–water partition coefficient (Wildman–Crippen LogP) is 8.58. The first-order chi connectivity index (χ1) is 16.3. The minimum Gasteiger partial charge on any atom is -0.479 e. The lowest BCUT2D eigenvalue weighted by molar-refractivity contribution is -0.163. The van der Waals surface area contributed by atoms with Crippen LogP contribution < -0.4 is 9.47 Å². The molecule has 9 heteroatoms. The number of benzene rings is 2. The van der Waals surface area contributed by atoms with Crippen molar-refractivity contribution in [2.45, 2.75) is 65.3 Å². The highest BCUT2D eigenvalue weighted by Crippen LogP contribution is 2.42. The summed E-state index contributed by atoms with van der Waals surface area (Å²) in [4.78, 5) is 12.8. The van der Waals surface area contributed by atoms with E-state index in [0.29, 0.717) is 23.5 Å². The normalized spacial score (nSPS) is 21.5. The zero-order chi connectivity index (χ0) is 25.9. The lowest BCUT2D eigenvalue weighted by atomic mass is 9.75.